The lowest BCUT2D eigenvalue weighted by atomic mass is 9.99. The first-order valence-electron chi connectivity index (χ1n) is 10.3. The lowest BCUT2D eigenvalue weighted by Crippen LogP contribution is -2.59. The van der Waals surface area contributed by atoms with E-state index in [9.17, 15) is 34.8 Å². The second kappa shape index (κ2) is 11.2. The van der Waals surface area contributed by atoms with E-state index in [2.05, 4.69) is 5.32 Å². The third kappa shape index (κ3) is 9.25. The van der Waals surface area contributed by atoms with Crippen LogP contribution >= 0.6 is 0 Å². The van der Waals surface area contributed by atoms with E-state index in [1.54, 1.807) is 41.5 Å². The Balaban J connectivity index is 2.77. The van der Waals surface area contributed by atoms with Crippen molar-refractivity contribution in [3.05, 3.63) is 0 Å². The number of nitrogens with one attached hydrogen (secondary N) is 1. The van der Waals surface area contributed by atoms with Crippen LogP contribution in [0.4, 0.5) is 4.79 Å². The van der Waals surface area contributed by atoms with Crippen LogP contribution in [0.25, 0.3) is 0 Å². The Morgan fingerprint density at radius 1 is 0.938 bits per heavy atom. The molecule has 0 aromatic rings. The number of esters is 2. The van der Waals surface area contributed by atoms with Gasteiger partial charge in [-0.05, 0) is 48.0 Å². The highest BCUT2D eigenvalue weighted by molar-refractivity contribution is 5.82. The van der Waals surface area contributed by atoms with Crippen molar-refractivity contribution in [2.75, 3.05) is 6.61 Å². The molecule has 12 heteroatoms. The minimum atomic E-state index is -1.75. The normalized spacial score (nSPS) is 27.2. The molecule has 6 atom stereocenters. The number of alkyl carbamates (subject to hydrolysis) is 1. The Bertz CT molecular complexity index is 653. The Morgan fingerprint density at radius 3 is 2.00 bits per heavy atom. The van der Waals surface area contributed by atoms with E-state index in [0.29, 0.717) is 0 Å². The molecule has 1 fully saturated rings. The minimum absolute atomic E-state index is 0.218. The van der Waals surface area contributed by atoms with Crippen LogP contribution < -0.4 is 5.32 Å². The second-order valence-electron chi connectivity index (χ2n) is 9.46. The zero-order valence-electron chi connectivity index (χ0n) is 19.2. The summed E-state index contributed by atoms with van der Waals surface area (Å²) in [5.41, 5.74) is -1.66. The van der Waals surface area contributed by atoms with E-state index in [1.807, 2.05) is 0 Å². The SMILES string of the molecule is CC(C)(C)OC(=O)N[C@@H](CCC(=O)O[C@H]1O[C@H](CO)[C@@H](O)[C@H](O)[C@@H]1O)C(=O)OC(C)(C)C. The monoisotopic (exact) mass is 465 g/mol. The summed E-state index contributed by atoms with van der Waals surface area (Å²) in [6.45, 7) is 9.18. The van der Waals surface area contributed by atoms with Crippen molar-refractivity contribution in [2.45, 2.75) is 102 Å². The third-order valence-electron chi connectivity index (χ3n) is 4.12. The highest BCUT2D eigenvalue weighted by Crippen LogP contribution is 2.22. The number of carbonyl (C=O) groups is 3. The predicted molar refractivity (Wildman–Crippen MR) is 108 cm³/mol. The number of aliphatic hydroxyl groups excluding tert-OH is 4. The number of carbonyl (C=O) groups excluding carboxylic acids is 3. The summed E-state index contributed by atoms with van der Waals surface area (Å²) in [6.07, 6.45) is -9.43. The molecular formula is C20H35NO11. The molecule has 0 aromatic carbocycles. The van der Waals surface area contributed by atoms with E-state index in [1.165, 1.54) is 0 Å². The summed E-state index contributed by atoms with van der Waals surface area (Å²) >= 11 is 0. The van der Waals surface area contributed by atoms with Crippen LogP contribution in [0.2, 0.25) is 0 Å². The molecule has 186 valence electrons. The van der Waals surface area contributed by atoms with Gasteiger partial charge in [-0.15, -0.1) is 0 Å². The summed E-state index contributed by atoms with van der Waals surface area (Å²) in [6, 6.07) is -1.23. The van der Waals surface area contributed by atoms with Gasteiger partial charge in [0.25, 0.3) is 0 Å². The van der Waals surface area contributed by atoms with Gasteiger partial charge >= 0.3 is 18.0 Å². The molecule has 12 nitrogen and oxygen atoms in total. The Morgan fingerprint density at radius 2 is 1.50 bits per heavy atom. The van der Waals surface area contributed by atoms with Crippen LogP contribution in [0.1, 0.15) is 54.4 Å². The summed E-state index contributed by atoms with van der Waals surface area (Å²) in [4.78, 5) is 36.8. The van der Waals surface area contributed by atoms with E-state index >= 15 is 0 Å². The van der Waals surface area contributed by atoms with Gasteiger partial charge in [0.2, 0.25) is 6.29 Å². The van der Waals surface area contributed by atoms with E-state index in [0.717, 1.165) is 0 Å². The molecule has 0 spiro atoms. The molecule has 0 unspecified atom stereocenters. The molecule has 0 radical (unpaired) electrons. The van der Waals surface area contributed by atoms with Crippen LogP contribution in [0.5, 0.6) is 0 Å². The van der Waals surface area contributed by atoms with Crippen molar-refractivity contribution in [1.82, 2.24) is 5.32 Å². The first-order valence-corrected chi connectivity index (χ1v) is 10.3. The molecule has 1 rings (SSSR count). The van der Waals surface area contributed by atoms with Crippen molar-refractivity contribution in [2.24, 2.45) is 0 Å². The molecular weight excluding hydrogens is 430 g/mol. The highest BCUT2D eigenvalue weighted by Gasteiger charge is 2.45. The predicted octanol–water partition coefficient (Wildman–Crippen LogP) is -0.655. The number of amides is 1. The van der Waals surface area contributed by atoms with Crippen LogP contribution in [-0.4, -0.2) is 93.0 Å². The highest BCUT2D eigenvalue weighted by atomic mass is 16.7. The first kappa shape index (κ1) is 28.0. The Hall–Kier alpha value is -1.99. The fourth-order valence-electron chi connectivity index (χ4n) is 2.69. The van der Waals surface area contributed by atoms with E-state index in [-0.39, 0.29) is 6.42 Å². The molecule has 1 saturated heterocycles. The number of aliphatic hydroxyl groups is 4. The lowest BCUT2D eigenvalue weighted by Gasteiger charge is -2.39. The van der Waals surface area contributed by atoms with Gasteiger partial charge in [-0.25, -0.2) is 9.59 Å². The zero-order valence-corrected chi connectivity index (χ0v) is 19.2. The van der Waals surface area contributed by atoms with E-state index < -0.39 is 79.0 Å². The summed E-state index contributed by atoms with van der Waals surface area (Å²) < 4.78 is 20.5. The average Bonchev–Trinajstić information content (AvgIpc) is 2.62. The van der Waals surface area contributed by atoms with Gasteiger partial charge in [-0.3, -0.25) is 4.79 Å². The van der Waals surface area contributed by atoms with Crippen molar-refractivity contribution >= 4 is 18.0 Å². The molecule has 0 saturated carbocycles. The zero-order chi connectivity index (χ0) is 24.9. The number of hydrogen-bond donors (Lipinski definition) is 5. The third-order valence-corrected chi connectivity index (χ3v) is 4.12. The summed E-state index contributed by atoms with van der Waals surface area (Å²) in [7, 11) is 0. The van der Waals surface area contributed by atoms with Gasteiger partial charge in [-0.2, -0.15) is 0 Å². The maximum absolute atomic E-state index is 12.5. The maximum atomic E-state index is 12.5. The number of ether oxygens (including phenoxy) is 4. The van der Waals surface area contributed by atoms with Gasteiger partial charge < -0.3 is 44.7 Å². The first-order chi connectivity index (χ1) is 14.5. The maximum Gasteiger partial charge on any atom is 0.408 e. The summed E-state index contributed by atoms with van der Waals surface area (Å²) in [5.74, 6) is -1.71. The fourth-order valence-corrected chi connectivity index (χ4v) is 2.69. The minimum Gasteiger partial charge on any atom is -0.458 e. The van der Waals surface area contributed by atoms with Crippen molar-refractivity contribution in [3.63, 3.8) is 0 Å². The van der Waals surface area contributed by atoms with Crippen molar-refractivity contribution in [1.29, 1.82) is 0 Å². The van der Waals surface area contributed by atoms with E-state index in [4.69, 9.17) is 18.9 Å². The Kier molecular flexibility index (Phi) is 9.85. The van der Waals surface area contributed by atoms with Crippen LogP contribution in [0.15, 0.2) is 0 Å². The molecule has 0 aromatic heterocycles. The van der Waals surface area contributed by atoms with Gasteiger partial charge in [0.15, 0.2) is 0 Å². The standard InChI is InChI=1S/C20H35NO11/c1-19(2,3)31-16(27)10(21-18(28)32-20(4,5)6)7-8-12(23)30-17-15(26)14(25)13(24)11(9-22)29-17/h10-11,13-15,17,22,24-26H,7-9H2,1-6H3,(H,21,28)/t10-,11+,13+,14-,15-,17+/m0/s1. The van der Waals surface area contributed by atoms with Gasteiger partial charge in [0, 0.05) is 6.42 Å². The quantitative estimate of drug-likeness (QED) is 0.238. The van der Waals surface area contributed by atoms with Crippen LogP contribution in [-0.2, 0) is 28.5 Å². The van der Waals surface area contributed by atoms with Crippen LogP contribution in [0, 0.1) is 0 Å². The molecule has 1 amide bonds. The largest absolute Gasteiger partial charge is 0.458 e. The smallest absolute Gasteiger partial charge is 0.408 e. The van der Waals surface area contributed by atoms with Crippen molar-refractivity contribution in [3.8, 4) is 0 Å². The fraction of sp³-hybridized carbons (Fsp3) is 0.850. The van der Waals surface area contributed by atoms with Gasteiger partial charge in [-0.1, -0.05) is 0 Å². The Labute approximate surface area is 186 Å². The summed E-state index contributed by atoms with van der Waals surface area (Å²) in [5, 5.41) is 41.0. The molecule has 1 heterocycles. The average molecular weight is 465 g/mol. The number of rotatable bonds is 7. The van der Waals surface area contributed by atoms with Gasteiger partial charge in [0.05, 0.1) is 6.61 Å². The molecule has 5 N–H and O–H groups in total. The molecule has 1 aliphatic rings. The molecule has 0 bridgehead atoms. The second-order valence-corrected chi connectivity index (χ2v) is 9.46. The molecule has 32 heavy (non-hydrogen) atoms. The number of hydrogen-bond acceptors (Lipinski definition) is 11. The topological polar surface area (TPSA) is 181 Å². The van der Waals surface area contributed by atoms with Crippen LogP contribution in [0.3, 0.4) is 0 Å². The van der Waals surface area contributed by atoms with Gasteiger partial charge in [0.1, 0.15) is 41.7 Å². The lowest BCUT2D eigenvalue weighted by molar-refractivity contribution is -0.292. The molecule has 1 aliphatic heterocycles. The molecule has 0 aliphatic carbocycles. The van der Waals surface area contributed by atoms with Crippen molar-refractivity contribution < 1.29 is 53.8 Å².